The van der Waals surface area contributed by atoms with Crippen LogP contribution in [0.3, 0.4) is 0 Å². The number of hydrogen-bond acceptors (Lipinski definition) is 3. The molecule has 0 unspecified atom stereocenters. The van der Waals surface area contributed by atoms with Crippen LogP contribution < -0.4 is 14.2 Å². The first-order valence-electron chi connectivity index (χ1n) is 11.3. The van der Waals surface area contributed by atoms with E-state index >= 15 is 0 Å². The zero-order chi connectivity index (χ0) is 25.2. The van der Waals surface area contributed by atoms with Gasteiger partial charge < -0.3 is 14.2 Å². The number of hydrogen-bond donors (Lipinski definition) is 0. The maximum absolute atomic E-state index is 5.43. The highest BCUT2D eigenvalue weighted by molar-refractivity contribution is 5.58. The van der Waals surface area contributed by atoms with E-state index in [4.69, 9.17) is 14.2 Å². The average molecular weight is 469 g/mol. The molecule has 3 nitrogen and oxygen atoms in total. The second-order valence-corrected chi connectivity index (χ2v) is 7.65. The Hall–Kier alpha value is -5.04. The normalized spacial score (nSPS) is 9.42. The summed E-state index contributed by atoms with van der Waals surface area (Å²) < 4.78 is 16.3. The summed E-state index contributed by atoms with van der Waals surface area (Å²) in [7, 11) is 4.92. The minimum absolute atomic E-state index is 0.730. The van der Waals surface area contributed by atoms with Crippen LogP contribution in [0.15, 0.2) is 91.0 Å². The minimum atomic E-state index is 0.730. The van der Waals surface area contributed by atoms with Crippen molar-refractivity contribution in [3.8, 4) is 52.8 Å². The predicted octanol–water partition coefficient (Wildman–Crippen LogP) is 5.91. The molecule has 0 radical (unpaired) electrons. The van der Waals surface area contributed by atoms with Crippen molar-refractivity contribution in [1.29, 1.82) is 0 Å². The fourth-order valence-electron chi connectivity index (χ4n) is 3.51. The monoisotopic (exact) mass is 468 g/mol. The number of para-hydroxylation sites is 3. The Morgan fingerprint density at radius 1 is 0.389 bits per heavy atom. The highest BCUT2D eigenvalue weighted by Crippen LogP contribution is 2.19. The molecule has 0 aliphatic heterocycles. The van der Waals surface area contributed by atoms with Crippen molar-refractivity contribution >= 4 is 0 Å². The van der Waals surface area contributed by atoms with Crippen LogP contribution in [0.1, 0.15) is 33.4 Å². The van der Waals surface area contributed by atoms with E-state index in [0.717, 1.165) is 50.6 Å². The first-order chi connectivity index (χ1) is 17.7. The van der Waals surface area contributed by atoms with Gasteiger partial charge in [-0.2, -0.15) is 0 Å². The van der Waals surface area contributed by atoms with E-state index in [1.807, 2.05) is 91.0 Å². The van der Waals surface area contributed by atoms with E-state index in [0.29, 0.717) is 0 Å². The molecule has 0 N–H and O–H groups in total. The summed E-state index contributed by atoms with van der Waals surface area (Å²) in [5.41, 5.74) is 4.85. The van der Waals surface area contributed by atoms with Crippen molar-refractivity contribution < 1.29 is 14.2 Å². The minimum Gasteiger partial charge on any atom is -0.495 e. The third-order valence-electron chi connectivity index (χ3n) is 5.28. The van der Waals surface area contributed by atoms with Gasteiger partial charge in [0.15, 0.2) is 0 Å². The van der Waals surface area contributed by atoms with Gasteiger partial charge in [0.1, 0.15) is 17.2 Å². The standard InChI is InChI=1S/C33H24O3/c1-34-31-13-7-4-10-28(31)19-16-25-22-26(17-20-29-11-5-8-14-32(29)35-2)24-27(23-25)18-21-30-12-6-9-15-33(30)36-3/h4-15,22-24H,1-3H3. The van der Waals surface area contributed by atoms with E-state index in [1.54, 1.807) is 21.3 Å². The van der Waals surface area contributed by atoms with Crippen LogP contribution in [-0.2, 0) is 0 Å². The van der Waals surface area contributed by atoms with Gasteiger partial charge in [-0.25, -0.2) is 0 Å². The molecule has 0 saturated heterocycles. The van der Waals surface area contributed by atoms with Crippen LogP contribution in [0.2, 0.25) is 0 Å². The van der Waals surface area contributed by atoms with Crippen molar-refractivity contribution in [3.63, 3.8) is 0 Å². The highest BCUT2D eigenvalue weighted by atomic mass is 16.5. The van der Waals surface area contributed by atoms with Gasteiger partial charge in [-0.1, -0.05) is 71.9 Å². The van der Waals surface area contributed by atoms with E-state index in [-0.39, 0.29) is 0 Å². The molecule has 0 bridgehead atoms. The van der Waals surface area contributed by atoms with Crippen molar-refractivity contribution in [2.45, 2.75) is 0 Å². The van der Waals surface area contributed by atoms with E-state index in [2.05, 4.69) is 35.5 Å². The van der Waals surface area contributed by atoms with Gasteiger partial charge in [0.25, 0.3) is 0 Å². The third-order valence-corrected chi connectivity index (χ3v) is 5.28. The van der Waals surface area contributed by atoms with Gasteiger partial charge in [0.05, 0.1) is 38.0 Å². The molecule has 0 fully saturated rings. The third kappa shape index (κ3) is 6.09. The maximum atomic E-state index is 5.43. The molecule has 0 amide bonds. The zero-order valence-electron chi connectivity index (χ0n) is 20.4. The van der Waals surface area contributed by atoms with Crippen molar-refractivity contribution in [1.82, 2.24) is 0 Å². The smallest absolute Gasteiger partial charge is 0.134 e. The van der Waals surface area contributed by atoms with E-state index in [9.17, 15) is 0 Å². The molecule has 0 saturated carbocycles. The van der Waals surface area contributed by atoms with Gasteiger partial charge in [0, 0.05) is 16.7 Å². The Balaban J connectivity index is 1.78. The predicted molar refractivity (Wildman–Crippen MR) is 143 cm³/mol. The van der Waals surface area contributed by atoms with Gasteiger partial charge in [-0.05, 0) is 54.6 Å². The van der Waals surface area contributed by atoms with Crippen LogP contribution in [0.5, 0.6) is 17.2 Å². The Morgan fingerprint density at radius 3 is 0.944 bits per heavy atom. The Bertz CT molecular complexity index is 1360. The Labute approximate surface area is 212 Å². The first-order valence-corrected chi connectivity index (χ1v) is 11.3. The number of methoxy groups -OCH3 is 3. The molecule has 4 aromatic carbocycles. The summed E-state index contributed by atoms with van der Waals surface area (Å²) in [6.45, 7) is 0. The molecular weight excluding hydrogens is 444 g/mol. The van der Waals surface area contributed by atoms with E-state index < -0.39 is 0 Å². The topological polar surface area (TPSA) is 27.7 Å². The molecule has 3 heteroatoms. The average Bonchev–Trinajstić information content (AvgIpc) is 2.94. The number of benzene rings is 4. The fraction of sp³-hybridized carbons (Fsp3) is 0.0909. The molecule has 4 rings (SSSR count). The molecule has 0 aromatic heterocycles. The second kappa shape index (κ2) is 11.9. The van der Waals surface area contributed by atoms with E-state index in [1.165, 1.54) is 0 Å². The summed E-state index contributed by atoms with van der Waals surface area (Å²) >= 11 is 0. The van der Waals surface area contributed by atoms with Crippen LogP contribution in [-0.4, -0.2) is 21.3 Å². The maximum Gasteiger partial charge on any atom is 0.134 e. The lowest BCUT2D eigenvalue weighted by molar-refractivity contribution is 0.413. The molecular formula is C33H24O3. The zero-order valence-corrected chi connectivity index (χ0v) is 20.4. The van der Waals surface area contributed by atoms with Gasteiger partial charge in [-0.3, -0.25) is 0 Å². The number of rotatable bonds is 3. The lowest BCUT2D eigenvalue weighted by atomic mass is 10.0. The Kier molecular flexibility index (Phi) is 7.96. The van der Waals surface area contributed by atoms with Crippen molar-refractivity contribution in [2.75, 3.05) is 21.3 Å². The molecule has 36 heavy (non-hydrogen) atoms. The Morgan fingerprint density at radius 2 is 0.667 bits per heavy atom. The van der Waals surface area contributed by atoms with Crippen LogP contribution in [0.4, 0.5) is 0 Å². The molecule has 0 atom stereocenters. The summed E-state index contributed by atoms with van der Waals surface area (Å²) in [4.78, 5) is 0. The SMILES string of the molecule is COc1ccccc1C#Cc1cc(C#Cc2ccccc2OC)cc(C#Cc2ccccc2OC)c1. The molecule has 0 spiro atoms. The fourth-order valence-corrected chi connectivity index (χ4v) is 3.51. The molecule has 0 heterocycles. The van der Waals surface area contributed by atoms with Crippen molar-refractivity contribution in [3.05, 3.63) is 124 Å². The van der Waals surface area contributed by atoms with Crippen LogP contribution in [0.25, 0.3) is 0 Å². The highest BCUT2D eigenvalue weighted by Gasteiger charge is 2.02. The van der Waals surface area contributed by atoms with Gasteiger partial charge in [-0.15, -0.1) is 0 Å². The lowest BCUT2D eigenvalue weighted by Crippen LogP contribution is -1.89. The second-order valence-electron chi connectivity index (χ2n) is 7.65. The summed E-state index contributed by atoms with van der Waals surface area (Å²) in [6, 6.07) is 28.9. The quantitative estimate of drug-likeness (QED) is 0.350. The molecule has 0 aliphatic rings. The van der Waals surface area contributed by atoms with Gasteiger partial charge >= 0.3 is 0 Å². The van der Waals surface area contributed by atoms with Crippen LogP contribution in [0, 0.1) is 35.5 Å². The summed E-state index contributed by atoms with van der Waals surface area (Å²) in [5.74, 6) is 21.5. The first kappa shape index (κ1) is 24.1. The number of ether oxygens (including phenoxy) is 3. The van der Waals surface area contributed by atoms with Gasteiger partial charge in [0.2, 0.25) is 0 Å². The molecule has 174 valence electrons. The largest absolute Gasteiger partial charge is 0.495 e. The summed E-state index contributed by atoms with van der Waals surface area (Å²) in [6.07, 6.45) is 0. The summed E-state index contributed by atoms with van der Waals surface area (Å²) in [5, 5.41) is 0. The molecule has 4 aromatic rings. The van der Waals surface area contributed by atoms with Crippen LogP contribution >= 0.6 is 0 Å². The molecule has 0 aliphatic carbocycles. The lowest BCUT2D eigenvalue weighted by Gasteiger charge is -2.02. The van der Waals surface area contributed by atoms with Crippen molar-refractivity contribution in [2.24, 2.45) is 0 Å².